The zero-order valence-corrected chi connectivity index (χ0v) is 11.0. The minimum Gasteiger partial charge on any atom is -0.396 e. The van der Waals surface area contributed by atoms with Crippen LogP contribution in [0.25, 0.3) is 0 Å². The van der Waals surface area contributed by atoms with E-state index < -0.39 is 0 Å². The molecule has 1 aliphatic rings. The third-order valence-corrected chi connectivity index (χ3v) is 2.93. The van der Waals surface area contributed by atoms with E-state index in [2.05, 4.69) is 5.32 Å². The van der Waals surface area contributed by atoms with E-state index in [0.717, 1.165) is 32.3 Å². The van der Waals surface area contributed by atoms with Crippen LogP contribution in [0.4, 0.5) is 0 Å². The highest BCUT2D eigenvalue weighted by molar-refractivity contribution is 5.75. The molecule has 2 N–H and O–H groups in total. The largest absolute Gasteiger partial charge is 0.396 e. The molecule has 5 heteroatoms. The molecule has 1 rings (SSSR count). The topological polar surface area (TPSA) is 67.8 Å². The van der Waals surface area contributed by atoms with Gasteiger partial charge in [-0.1, -0.05) is 0 Å². The second-order valence-corrected chi connectivity index (χ2v) is 4.59. The average molecular weight is 259 g/mol. The molecular weight excluding hydrogens is 234 g/mol. The molecular formula is C13H25NO4. The van der Waals surface area contributed by atoms with Crippen molar-refractivity contribution in [3.8, 4) is 0 Å². The molecule has 0 bridgehead atoms. The number of hydrogen-bond donors (Lipinski definition) is 2. The molecule has 1 aliphatic heterocycles. The molecule has 5 nitrogen and oxygen atoms in total. The molecule has 0 aromatic rings. The summed E-state index contributed by atoms with van der Waals surface area (Å²) in [6.45, 7) is 3.01. The van der Waals surface area contributed by atoms with Gasteiger partial charge in [-0.2, -0.15) is 0 Å². The number of carbonyl (C=O) groups excluding carboxylic acids is 1. The van der Waals surface area contributed by atoms with Gasteiger partial charge in [0.15, 0.2) is 0 Å². The van der Waals surface area contributed by atoms with Gasteiger partial charge in [0, 0.05) is 32.8 Å². The van der Waals surface area contributed by atoms with Crippen LogP contribution in [-0.4, -0.2) is 50.1 Å². The van der Waals surface area contributed by atoms with E-state index in [1.165, 1.54) is 0 Å². The number of amides is 1. The lowest BCUT2D eigenvalue weighted by atomic mass is 10.2. The van der Waals surface area contributed by atoms with Crippen molar-refractivity contribution in [3.05, 3.63) is 0 Å². The van der Waals surface area contributed by atoms with Gasteiger partial charge in [0.05, 0.1) is 12.7 Å². The molecule has 0 radical (unpaired) electrons. The highest BCUT2D eigenvalue weighted by Gasteiger charge is 2.14. The monoisotopic (exact) mass is 259 g/mol. The Hall–Kier alpha value is -0.650. The average Bonchev–Trinajstić information content (AvgIpc) is 2.87. The zero-order chi connectivity index (χ0) is 13.1. The standard InChI is InChI=1S/C13H25NO4/c15-8-2-1-6-13(16)14-7-4-9-17-11-12-5-3-10-18-12/h12,15H,1-11H2,(H,14,16). The summed E-state index contributed by atoms with van der Waals surface area (Å²) < 4.78 is 10.9. The fourth-order valence-corrected chi connectivity index (χ4v) is 1.88. The van der Waals surface area contributed by atoms with Crippen molar-refractivity contribution < 1.29 is 19.4 Å². The number of aliphatic hydroxyl groups is 1. The molecule has 1 saturated heterocycles. The number of nitrogens with one attached hydrogen (secondary N) is 1. The van der Waals surface area contributed by atoms with Crippen molar-refractivity contribution in [1.29, 1.82) is 0 Å². The van der Waals surface area contributed by atoms with Crippen molar-refractivity contribution in [2.45, 2.75) is 44.6 Å². The van der Waals surface area contributed by atoms with E-state index in [9.17, 15) is 4.79 Å². The smallest absolute Gasteiger partial charge is 0.219 e. The SMILES string of the molecule is O=C(CCCCO)NCCCOCC1CCCO1. The predicted octanol–water partition coefficient (Wildman–Crippen LogP) is 0.851. The fraction of sp³-hybridized carbons (Fsp3) is 0.923. The van der Waals surface area contributed by atoms with E-state index in [1.54, 1.807) is 0 Å². The zero-order valence-electron chi connectivity index (χ0n) is 11.0. The van der Waals surface area contributed by atoms with Crippen LogP contribution in [-0.2, 0) is 14.3 Å². The van der Waals surface area contributed by atoms with Crippen molar-refractivity contribution in [1.82, 2.24) is 5.32 Å². The molecule has 1 amide bonds. The van der Waals surface area contributed by atoms with E-state index >= 15 is 0 Å². The summed E-state index contributed by atoms with van der Waals surface area (Å²) in [6.07, 6.45) is 5.28. The van der Waals surface area contributed by atoms with Crippen LogP contribution >= 0.6 is 0 Å². The molecule has 0 spiro atoms. The van der Waals surface area contributed by atoms with Gasteiger partial charge >= 0.3 is 0 Å². The lowest BCUT2D eigenvalue weighted by Crippen LogP contribution is -2.25. The van der Waals surface area contributed by atoms with Crippen molar-refractivity contribution in [3.63, 3.8) is 0 Å². The van der Waals surface area contributed by atoms with Crippen molar-refractivity contribution in [2.75, 3.05) is 33.0 Å². The van der Waals surface area contributed by atoms with Crippen LogP contribution in [0.2, 0.25) is 0 Å². The van der Waals surface area contributed by atoms with Gasteiger partial charge in [0.25, 0.3) is 0 Å². The van der Waals surface area contributed by atoms with Crippen molar-refractivity contribution >= 4 is 5.91 Å². The molecule has 0 aliphatic carbocycles. The number of carbonyl (C=O) groups is 1. The van der Waals surface area contributed by atoms with Crippen LogP contribution in [0.1, 0.15) is 38.5 Å². The van der Waals surface area contributed by atoms with Gasteiger partial charge in [-0.15, -0.1) is 0 Å². The maximum absolute atomic E-state index is 11.3. The first-order valence-electron chi connectivity index (χ1n) is 6.90. The normalized spacial score (nSPS) is 19.1. The van der Waals surface area contributed by atoms with Crippen LogP contribution < -0.4 is 5.32 Å². The number of ether oxygens (including phenoxy) is 2. The molecule has 1 heterocycles. The van der Waals surface area contributed by atoms with Gasteiger partial charge < -0.3 is 19.9 Å². The number of aliphatic hydroxyl groups excluding tert-OH is 1. The Morgan fingerprint density at radius 2 is 2.28 bits per heavy atom. The van der Waals surface area contributed by atoms with Crippen molar-refractivity contribution in [2.24, 2.45) is 0 Å². The molecule has 0 aromatic carbocycles. The summed E-state index contributed by atoms with van der Waals surface area (Å²) in [5.41, 5.74) is 0. The summed E-state index contributed by atoms with van der Waals surface area (Å²) in [6, 6.07) is 0. The molecule has 1 unspecified atom stereocenters. The molecule has 0 aromatic heterocycles. The molecule has 0 saturated carbocycles. The summed E-state index contributed by atoms with van der Waals surface area (Å²) in [4.78, 5) is 11.3. The Morgan fingerprint density at radius 1 is 1.39 bits per heavy atom. The summed E-state index contributed by atoms with van der Waals surface area (Å²) in [5.74, 6) is 0.0579. The van der Waals surface area contributed by atoms with Crippen LogP contribution in [0.3, 0.4) is 0 Å². The Kier molecular flexibility index (Phi) is 8.81. The van der Waals surface area contributed by atoms with Crippen LogP contribution in [0.5, 0.6) is 0 Å². The molecule has 18 heavy (non-hydrogen) atoms. The first kappa shape index (κ1) is 15.4. The quantitative estimate of drug-likeness (QED) is 0.571. The van der Waals surface area contributed by atoms with E-state index in [1.807, 2.05) is 0 Å². The highest BCUT2D eigenvalue weighted by atomic mass is 16.5. The minimum atomic E-state index is 0.0579. The summed E-state index contributed by atoms with van der Waals surface area (Å²) >= 11 is 0. The lowest BCUT2D eigenvalue weighted by Gasteiger charge is -2.10. The fourth-order valence-electron chi connectivity index (χ4n) is 1.88. The molecule has 1 atom stereocenters. The predicted molar refractivity (Wildman–Crippen MR) is 68.4 cm³/mol. The van der Waals surface area contributed by atoms with Crippen LogP contribution in [0.15, 0.2) is 0 Å². The first-order chi connectivity index (χ1) is 8.83. The Labute approximate surface area is 109 Å². The summed E-state index contributed by atoms with van der Waals surface area (Å²) in [5, 5.41) is 11.4. The van der Waals surface area contributed by atoms with Gasteiger partial charge in [-0.05, 0) is 32.1 Å². The molecule has 106 valence electrons. The number of unbranched alkanes of at least 4 members (excludes halogenated alkanes) is 1. The minimum absolute atomic E-state index is 0.0579. The van der Waals surface area contributed by atoms with Gasteiger partial charge in [0.2, 0.25) is 5.91 Å². The summed E-state index contributed by atoms with van der Waals surface area (Å²) in [7, 11) is 0. The maximum Gasteiger partial charge on any atom is 0.219 e. The van der Waals surface area contributed by atoms with Gasteiger partial charge in [-0.25, -0.2) is 0 Å². The second kappa shape index (κ2) is 10.3. The highest BCUT2D eigenvalue weighted by Crippen LogP contribution is 2.11. The lowest BCUT2D eigenvalue weighted by molar-refractivity contribution is -0.121. The van der Waals surface area contributed by atoms with E-state index in [-0.39, 0.29) is 18.6 Å². The third-order valence-electron chi connectivity index (χ3n) is 2.93. The first-order valence-corrected chi connectivity index (χ1v) is 6.90. The Balaban J connectivity index is 1.81. The van der Waals surface area contributed by atoms with E-state index in [0.29, 0.717) is 32.6 Å². The van der Waals surface area contributed by atoms with Gasteiger partial charge in [-0.3, -0.25) is 4.79 Å². The number of rotatable bonds is 10. The van der Waals surface area contributed by atoms with Gasteiger partial charge in [0.1, 0.15) is 0 Å². The van der Waals surface area contributed by atoms with Crippen LogP contribution in [0, 0.1) is 0 Å². The third kappa shape index (κ3) is 7.63. The second-order valence-electron chi connectivity index (χ2n) is 4.59. The number of hydrogen-bond acceptors (Lipinski definition) is 4. The maximum atomic E-state index is 11.3. The molecule has 1 fully saturated rings. The Morgan fingerprint density at radius 3 is 3.00 bits per heavy atom. The van der Waals surface area contributed by atoms with E-state index in [4.69, 9.17) is 14.6 Å². The Bertz CT molecular complexity index is 217.